The molecule has 2 heterocycles. The molecule has 0 aromatic carbocycles. The first-order valence-corrected chi connectivity index (χ1v) is 7.03. The van der Waals surface area contributed by atoms with Crippen molar-refractivity contribution in [2.75, 3.05) is 25.6 Å². The van der Waals surface area contributed by atoms with Crippen LogP contribution in [0, 0.1) is 0 Å². The summed E-state index contributed by atoms with van der Waals surface area (Å²) in [5.74, 6) is -0.590. The van der Waals surface area contributed by atoms with Crippen LogP contribution in [0.2, 0.25) is 0 Å². The SMILES string of the molecule is CCOCC(=O)OC[C@H]1O[C@@H](n2ccc(N)nc2=O)[C@@H](O)[C@@H]1O. The van der Waals surface area contributed by atoms with Crippen molar-refractivity contribution in [3.8, 4) is 0 Å². The summed E-state index contributed by atoms with van der Waals surface area (Å²) < 4.78 is 16.2. The number of aliphatic hydroxyl groups excluding tert-OH is 2. The Kier molecular flexibility index (Phi) is 5.66. The number of ether oxygens (including phenoxy) is 3. The zero-order chi connectivity index (χ0) is 17.0. The van der Waals surface area contributed by atoms with Crippen LogP contribution in [0.3, 0.4) is 0 Å². The van der Waals surface area contributed by atoms with E-state index in [0.29, 0.717) is 6.61 Å². The van der Waals surface area contributed by atoms with E-state index < -0.39 is 36.2 Å². The van der Waals surface area contributed by atoms with Gasteiger partial charge in [-0.05, 0) is 13.0 Å². The summed E-state index contributed by atoms with van der Waals surface area (Å²) in [7, 11) is 0. The molecule has 23 heavy (non-hydrogen) atoms. The van der Waals surface area contributed by atoms with Crippen LogP contribution >= 0.6 is 0 Å². The fourth-order valence-electron chi connectivity index (χ4n) is 2.12. The van der Waals surface area contributed by atoms with Gasteiger partial charge in [-0.15, -0.1) is 0 Å². The van der Waals surface area contributed by atoms with Crippen molar-refractivity contribution in [3.05, 3.63) is 22.7 Å². The van der Waals surface area contributed by atoms with E-state index in [1.165, 1.54) is 12.3 Å². The molecule has 0 spiro atoms. The van der Waals surface area contributed by atoms with Gasteiger partial charge < -0.3 is 30.2 Å². The van der Waals surface area contributed by atoms with Crippen LogP contribution in [0.25, 0.3) is 0 Å². The lowest BCUT2D eigenvalue weighted by molar-refractivity contribution is -0.155. The van der Waals surface area contributed by atoms with E-state index in [4.69, 9.17) is 19.9 Å². The van der Waals surface area contributed by atoms with Gasteiger partial charge in [0.1, 0.15) is 37.3 Å². The molecule has 4 N–H and O–H groups in total. The summed E-state index contributed by atoms with van der Waals surface area (Å²) in [6, 6.07) is 1.36. The summed E-state index contributed by atoms with van der Waals surface area (Å²) in [5.41, 5.74) is 4.66. The van der Waals surface area contributed by atoms with E-state index in [0.717, 1.165) is 4.57 Å². The number of nitrogen functional groups attached to an aromatic ring is 1. The van der Waals surface area contributed by atoms with E-state index in [2.05, 4.69) is 4.98 Å². The third-order valence-electron chi connectivity index (χ3n) is 3.30. The molecule has 1 fully saturated rings. The molecule has 0 aliphatic carbocycles. The molecular formula is C13H19N3O7. The van der Waals surface area contributed by atoms with Crippen LogP contribution in [0.4, 0.5) is 5.82 Å². The Bertz CT molecular complexity index is 605. The number of hydrogen-bond acceptors (Lipinski definition) is 9. The molecule has 0 bridgehead atoms. The molecule has 2 rings (SSSR count). The van der Waals surface area contributed by atoms with Gasteiger partial charge in [0.2, 0.25) is 0 Å². The minimum atomic E-state index is -1.38. The third kappa shape index (κ3) is 4.05. The fraction of sp³-hybridized carbons (Fsp3) is 0.615. The summed E-state index contributed by atoms with van der Waals surface area (Å²) in [6.07, 6.45) is -3.54. The molecule has 1 saturated heterocycles. The smallest absolute Gasteiger partial charge is 0.351 e. The van der Waals surface area contributed by atoms with Gasteiger partial charge in [-0.2, -0.15) is 4.98 Å². The minimum Gasteiger partial charge on any atom is -0.461 e. The van der Waals surface area contributed by atoms with Gasteiger partial charge in [0.25, 0.3) is 0 Å². The first-order chi connectivity index (χ1) is 10.9. The van der Waals surface area contributed by atoms with Crippen LogP contribution < -0.4 is 11.4 Å². The minimum absolute atomic E-state index is 0.0284. The van der Waals surface area contributed by atoms with Gasteiger partial charge in [-0.1, -0.05) is 0 Å². The lowest BCUT2D eigenvalue weighted by Gasteiger charge is -2.16. The van der Waals surface area contributed by atoms with Gasteiger partial charge in [0.15, 0.2) is 6.23 Å². The highest BCUT2D eigenvalue weighted by Crippen LogP contribution is 2.28. The number of hydrogen-bond donors (Lipinski definition) is 3. The largest absolute Gasteiger partial charge is 0.461 e. The maximum Gasteiger partial charge on any atom is 0.351 e. The average molecular weight is 329 g/mol. The number of rotatable bonds is 6. The Morgan fingerprint density at radius 2 is 2.22 bits per heavy atom. The molecule has 0 amide bonds. The molecule has 1 aromatic heterocycles. The van der Waals surface area contributed by atoms with E-state index in [9.17, 15) is 19.8 Å². The molecule has 0 radical (unpaired) electrons. The Hall–Kier alpha value is -2.01. The normalized spacial score (nSPS) is 27.1. The molecule has 128 valence electrons. The van der Waals surface area contributed by atoms with Crippen molar-refractivity contribution in [2.24, 2.45) is 0 Å². The summed E-state index contributed by atoms with van der Waals surface area (Å²) >= 11 is 0. The van der Waals surface area contributed by atoms with E-state index in [1.54, 1.807) is 6.92 Å². The molecule has 10 heteroatoms. The second kappa shape index (κ2) is 7.51. The van der Waals surface area contributed by atoms with E-state index in [-0.39, 0.29) is 19.0 Å². The predicted molar refractivity (Wildman–Crippen MR) is 76.3 cm³/mol. The number of carbonyl (C=O) groups excluding carboxylic acids is 1. The number of carbonyl (C=O) groups is 1. The number of nitrogens with zero attached hydrogens (tertiary/aromatic N) is 2. The Morgan fingerprint density at radius 3 is 2.87 bits per heavy atom. The van der Waals surface area contributed by atoms with Crippen molar-refractivity contribution >= 4 is 11.8 Å². The summed E-state index contributed by atoms with van der Waals surface area (Å²) in [5, 5.41) is 20.0. The number of anilines is 1. The Morgan fingerprint density at radius 1 is 1.48 bits per heavy atom. The zero-order valence-corrected chi connectivity index (χ0v) is 12.5. The lowest BCUT2D eigenvalue weighted by atomic mass is 10.1. The molecule has 1 aliphatic heterocycles. The van der Waals surface area contributed by atoms with Crippen molar-refractivity contribution < 1.29 is 29.2 Å². The number of aliphatic hydroxyl groups is 2. The highest BCUT2D eigenvalue weighted by molar-refractivity contribution is 5.70. The number of aromatic nitrogens is 2. The quantitative estimate of drug-likeness (QED) is 0.505. The van der Waals surface area contributed by atoms with Gasteiger partial charge >= 0.3 is 11.7 Å². The summed E-state index contributed by atoms with van der Waals surface area (Å²) in [4.78, 5) is 26.7. The first-order valence-electron chi connectivity index (χ1n) is 7.03. The third-order valence-corrected chi connectivity index (χ3v) is 3.30. The Balaban J connectivity index is 2.00. The van der Waals surface area contributed by atoms with Crippen LogP contribution in [0.1, 0.15) is 13.2 Å². The highest BCUT2D eigenvalue weighted by Gasteiger charge is 2.44. The molecule has 1 aliphatic rings. The highest BCUT2D eigenvalue weighted by atomic mass is 16.6. The van der Waals surface area contributed by atoms with Gasteiger partial charge in [0, 0.05) is 12.8 Å². The molecule has 1 aromatic rings. The first kappa shape index (κ1) is 17.3. The molecule has 4 atom stereocenters. The second-order valence-electron chi connectivity index (χ2n) is 4.91. The monoisotopic (exact) mass is 329 g/mol. The van der Waals surface area contributed by atoms with E-state index in [1.807, 2.05) is 0 Å². The standard InChI is InChI=1S/C13H19N3O7/c1-2-21-6-9(17)22-5-7-10(18)11(19)12(23-7)16-4-3-8(14)15-13(16)20/h3-4,7,10-12,18-19H,2,5-6H2,1H3,(H2,14,15,20)/t7-,10-,11+,12-/m1/s1. The van der Waals surface area contributed by atoms with Crippen LogP contribution in [-0.4, -0.2) is 63.9 Å². The Labute approximate surface area is 131 Å². The van der Waals surface area contributed by atoms with Crippen molar-refractivity contribution in [1.82, 2.24) is 9.55 Å². The lowest BCUT2D eigenvalue weighted by Crippen LogP contribution is -2.36. The predicted octanol–water partition coefficient (Wildman–Crippen LogP) is -1.98. The number of esters is 1. The van der Waals surface area contributed by atoms with Crippen LogP contribution in [-0.2, 0) is 19.0 Å². The zero-order valence-electron chi connectivity index (χ0n) is 12.5. The molecule has 0 unspecified atom stereocenters. The fourth-order valence-corrected chi connectivity index (χ4v) is 2.12. The maximum absolute atomic E-state index is 11.8. The maximum atomic E-state index is 11.8. The van der Waals surface area contributed by atoms with Gasteiger partial charge in [-0.3, -0.25) is 4.57 Å². The molecule has 0 saturated carbocycles. The van der Waals surface area contributed by atoms with E-state index >= 15 is 0 Å². The molecular weight excluding hydrogens is 310 g/mol. The number of nitrogens with two attached hydrogens (primary N) is 1. The van der Waals surface area contributed by atoms with Crippen LogP contribution in [0.5, 0.6) is 0 Å². The van der Waals surface area contributed by atoms with Gasteiger partial charge in [-0.25, -0.2) is 9.59 Å². The van der Waals surface area contributed by atoms with Crippen molar-refractivity contribution in [2.45, 2.75) is 31.5 Å². The van der Waals surface area contributed by atoms with Crippen molar-refractivity contribution in [3.63, 3.8) is 0 Å². The van der Waals surface area contributed by atoms with Crippen molar-refractivity contribution in [1.29, 1.82) is 0 Å². The summed E-state index contributed by atoms with van der Waals surface area (Å²) in [6.45, 7) is 1.60. The van der Waals surface area contributed by atoms with Gasteiger partial charge in [0.05, 0.1) is 0 Å². The van der Waals surface area contributed by atoms with Crippen LogP contribution in [0.15, 0.2) is 17.1 Å². The molecule has 10 nitrogen and oxygen atoms in total. The second-order valence-corrected chi connectivity index (χ2v) is 4.91. The topological polar surface area (TPSA) is 146 Å². The average Bonchev–Trinajstić information content (AvgIpc) is 2.79.